The number of aromatic nitrogens is 1. The van der Waals surface area contributed by atoms with Gasteiger partial charge in [-0.1, -0.05) is 18.0 Å². The summed E-state index contributed by atoms with van der Waals surface area (Å²) in [5.41, 5.74) is 6.24. The minimum absolute atomic E-state index is 0.204. The van der Waals surface area contributed by atoms with Gasteiger partial charge < -0.3 is 11.1 Å². The Labute approximate surface area is 118 Å². The van der Waals surface area contributed by atoms with E-state index in [0.29, 0.717) is 11.6 Å². The molecule has 0 aliphatic carbocycles. The van der Waals surface area contributed by atoms with Gasteiger partial charge in [0.1, 0.15) is 5.82 Å². The van der Waals surface area contributed by atoms with Crippen LogP contribution in [0.1, 0.15) is 25.0 Å². The number of carbonyl (C=O) groups excluding carboxylic acids is 1. The third-order valence-electron chi connectivity index (χ3n) is 3.47. The van der Waals surface area contributed by atoms with E-state index in [-0.39, 0.29) is 11.9 Å². The maximum atomic E-state index is 11.5. The second-order valence-electron chi connectivity index (χ2n) is 4.76. The van der Waals surface area contributed by atoms with Crippen LogP contribution in [0.3, 0.4) is 0 Å². The molecule has 19 heavy (non-hydrogen) atoms. The molecule has 0 radical (unpaired) electrons. The third kappa shape index (κ3) is 3.36. The predicted octanol–water partition coefficient (Wildman–Crippen LogP) is 1.62. The van der Waals surface area contributed by atoms with Crippen molar-refractivity contribution in [2.75, 3.05) is 18.9 Å². The van der Waals surface area contributed by atoms with E-state index in [9.17, 15) is 4.79 Å². The molecule has 0 saturated carbocycles. The van der Waals surface area contributed by atoms with Crippen molar-refractivity contribution in [2.24, 2.45) is 5.73 Å². The number of likely N-dealkylation sites (tertiary alicyclic amines) is 1. The Hall–Kier alpha value is -1.33. The second-order valence-corrected chi connectivity index (χ2v) is 5.17. The lowest BCUT2D eigenvalue weighted by Gasteiger charge is -2.33. The van der Waals surface area contributed by atoms with E-state index in [2.05, 4.69) is 15.2 Å². The molecule has 104 valence electrons. The number of hydrogen-bond acceptors (Lipinski definition) is 4. The highest BCUT2D eigenvalue weighted by atomic mass is 35.5. The van der Waals surface area contributed by atoms with Crippen molar-refractivity contribution in [3.8, 4) is 0 Å². The highest BCUT2D eigenvalue weighted by molar-refractivity contribution is 6.31. The topological polar surface area (TPSA) is 71.2 Å². The molecular formula is C13H19ClN4O. The molecule has 0 spiro atoms. The molecule has 1 aliphatic heterocycles. The minimum atomic E-state index is -0.263. The van der Waals surface area contributed by atoms with Gasteiger partial charge in [-0.05, 0) is 31.5 Å². The summed E-state index contributed by atoms with van der Waals surface area (Å²) in [5, 5.41) is 3.60. The number of hydrogen-bond donors (Lipinski definition) is 2. The Morgan fingerprint density at radius 1 is 1.58 bits per heavy atom. The zero-order valence-electron chi connectivity index (χ0n) is 11.0. The summed E-state index contributed by atoms with van der Waals surface area (Å²) < 4.78 is 0. The van der Waals surface area contributed by atoms with Crippen molar-refractivity contribution >= 4 is 23.3 Å². The molecule has 1 aromatic heterocycles. The van der Waals surface area contributed by atoms with E-state index in [1.165, 1.54) is 0 Å². The van der Waals surface area contributed by atoms with Crippen LogP contribution in [0.4, 0.5) is 5.82 Å². The van der Waals surface area contributed by atoms with Crippen molar-refractivity contribution in [1.29, 1.82) is 0 Å². The predicted molar refractivity (Wildman–Crippen MR) is 76.0 cm³/mol. The zero-order valence-corrected chi connectivity index (χ0v) is 11.8. The van der Waals surface area contributed by atoms with Crippen LogP contribution in [0, 0.1) is 0 Å². The average Bonchev–Trinajstić information content (AvgIpc) is 2.41. The van der Waals surface area contributed by atoms with E-state index in [1.807, 2.05) is 19.2 Å². The van der Waals surface area contributed by atoms with Crippen molar-refractivity contribution < 1.29 is 4.79 Å². The normalized spacial score (nSPS) is 20.2. The van der Waals surface area contributed by atoms with Gasteiger partial charge in [-0.2, -0.15) is 0 Å². The first-order valence-electron chi connectivity index (χ1n) is 6.48. The van der Waals surface area contributed by atoms with Gasteiger partial charge in [0, 0.05) is 13.6 Å². The van der Waals surface area contributed by atoms with Crippen LogP contribution in [0.2, 0.25) is 5.02 Å². The SMILES string of the molecule is CNc1ccc(Cl)c(CN2CCCCC2C(N)=O)n1. The third-order valence-corrected chi connectivity index (χ3v) is 3.81. The fraction of sp³-hybridized carbons (Fsp3) is 0.538. The van der Waals surface area contributed by atoms with Crippen molar-refractivity contribution in [1.82, 2.24) is 9.88 Å². The number of amides is 1. The molecule has 2 rings (SSSR count). The van der Waals surface area contributed by atoms with Crippen LogP contribution in [0.5, 0.6) is 0 Å². The van der Waals surface area contributed by atoms with Crippen molar-refractivity contribution in [3.63, 3.8) is 0 Å². The lowest BCUT2D eigenvalue weighted by molar-refractivity contribution is -0.124. The summed E-state index contributed by atoms with van der Waals surface area (Å²) in [6.45, 7) is 1.41. The number of anilines is 1. The van der Waals surface area contributed by atoms with Gasteiger partial charge in [0.2, 0.25) is 5.91 Å². The Morgan fingerprint density at radius 2 is 2.37 bits per heavy atom. The molecular weight excluding hydrogens is 264 g/mol. The van der Waals surface area contributed by atoms with Gasteiger partial charge >= 0.3 is 0 Å². The van der Waals surface area contributed by atoms with Crippen LogP contribution in [-0.4, -0.2) is 35.4 Å². The molecule has 1 aromatic rings. The summed E-state index contributed by atoms with van der Waals surface area (Å²) in [7, 11) is 1.81. The number of halogens is 1. The van der Waals surface area contributed by atoms with Crippen molar-refractivity contribution in [3.05, 3.63) is 22.8 Å². The molecule has 1 unspecified atom stereocenters. The van der Waals surface area contributed by atoms with E-state index < -0.39 is 0 Å². The molecule has 3 N–H and O–H groups in total. The van der Waals surface area contributed by atoms with Gasteiger partial charge in [-0.25, -0.2) is 4.98 Å². The van der Waals surface area contributed by atoms with E-state index in [0.717, 1.165) is 37.3 Å². The monoisotopic (exact) mass is 282 g/mol. The summed E-state index contributed by atoms with van der Waals surface area (Å²) >= 11 is 6.17. The first-order chi connectivity index (χ1) is 9.11. The number of rotatable bonds is 4. The number of pyridine rings is 1. The Bertz CT molecular complexity index is 466. The lowest BCUT2D eigenvalue weighted by Crippen LogP contribution is -2.47. The second kappa shape index (κ2) is 6.21. The fourth-order valence-corrected chi connectivity index (χ4v) is 2.59. The minimum Gasteiger partial charge on any atom is -0.373 e. The Kier molecular flexibility index (Phi) is 4.61. The largest absolute Gasteiger partial charge is 0.373 e. The van der Waals surface area contributed by atoms with Crippen LogP contribution in [0.25, 0.3) is 0 Å². The summed E-state index contributed by atoms with van der Waals surface area (Å²) in [6, 6.07) is 3.44. The summed E-state index contributed by atoms with van der Waals surface area (Å²) in [5.74, 6) is 0.507. The van der Waals surface area contributed by atoms with E-state index >= 15 is 0 Å². The Balaban J connectivity index is 2.16. The first-order valence-corrected chi connectivity index (χ1v) is 6.86. The lowest BCUT2D eigenvalue weighted by atomic mass is 10.0. The number of carbonyl (C=O) groups is 1. The van der Waals surface area contributed by atoms with Gasteiger partial charge in [-0.3, -0.25) is 9.69 Å². The van der Waals surface area contributed by atoms with Crippen LogP contribution in [-0.2, 0) is 11.3 Å². The highest BCUT2D eigenvalue weighted by Gasteiger charge is 2.27. The average molecular weight is 283 g/mol. The zero-order chi connectivity index (χ0) is 13.8. The standard InChI is InChI=1S/C13H19ClN4O/c1-16-12-6-5-9(14)10(17-12)8-18-7-3-2-4-11(18)13(15)19/h5-6,11H,2-4,7-8H2,1H3,(H2,15,19)(H,16,17). The maximum absolute atomic E-state index is 11.5. The number of nitrogens with zero attached hydrogens (tertiary/aromatic N) is 2. The van der Waals surface area contributed by atoms with Gasteiger partial charge in [-0.15, -0.1) is 0 Å². The van der Waals surface area contributed by atoms with Gasteiger partial charge in [0.25, 0.3) is 0 Å². The number of primary amides is 1. The molecule has 2 heterocycles. The molecule has 1 saturated heterocycles. The van der Waals surface area contributed by atoms with Gasteiger partial charge in [0.15, 0.2) is 0 Å². The molecule has 0 bridgehead atoms. The molecule has 0 aromatic carbocycles. The fourth-order valence-electron chi connectivity index (χ4n) is 2.43. The van der Waals surface area contributed by atoms with Gasteiger partial charge in [0.05, 0.1) is 16.8 Å². The highest BCUT2D eigenvalue weighted by Crippen LogP contribution is 2.23. The number of nitrogens with one attached hydrogen (secondary N) is 1. The quantitative estimate of drug-likeness (QED) is 0.880. The van der Waals surface area contributed by atoms with Crippen molar-refractivity contribution in [2.45, 2.75) is 31.8 Å². The Morgan fingerprint density at radius 3 is 3.05 bits per heavy atom. The number of nitrogens with two attached hydrogens (primary N) is 1. The molecule has 5 nitrogen and oxygen atoms in total. The number of piperidine rings is 1. The summed E-state index contributed by atoms with van der Waals surface area (Å²) in [6.07, 6.45) is 2.94. The molecule has 1 aliphatic rings. The van der Waals surface area contributed by atoms with Crippen LogP contribution >= 0.6 is 11.6 Å². The molecule has 6 heteroatoms. The first kappa shape index (κ1) is 14.1. The van der Waals surface area contributed by atoms with E-state index in [1.54, 1.807) is 0 Å². The van der Waals surface area contributed by atoms with Crippen LogP contribution in [0.15, 0.2) is 12.1 Å². The maximum Gasteiger partial charge on any atom is 0.234 e. The van der Waals surface area contributed by atoms with E-state index in [4.69, 9.17) is 17.3 Å². The molecule has 1 atom stereocenters. The smallest absolute Gasteiger partial charge is 0.234 e. The molecule has 1 amide bonds. The van der Waals surface area contributed by atoms with Crippen LogP contribution < -0.4 is 11.1 Å². The molecule has 1 fully saturated rings. The summed E-state index contributed by atoms with van der Waals surface area (Å²) in [4.78, 5) is 18.0.